The van der Waals surface area contributed by atoms with Crippen molar-refractivity contribution in [1.29, 1.82) is 0 Å². The van der Waals surface area contributed by atoms with Crippen molar-refractivity contribution >= 4 is 5.52 Å². The van der Waals surface area contributed by atoms with Crippen LogP contribution in [0.4, 0.5) is 0 Å². The number of hydrogen-bond acceptors (Lipinski definition) is 1. The van der Waals surface area contributed by atoms with E-state index in [2.05, 4.69) is 41.6 Å². The Hall–Kier alpha value is -1.31. The lowest BCUT2D eigenvalue weighted by Gasteiger charge is -2.00. The van der Waals surface area contributed by atoms with E-state index in [0.29, 0.717) is 5.92 Å². The summed E-state index contributed by atoms with van der Waals surface area (Å²) in [7, 11) is 0. The molecule has 0 fully saturated rings. The van der Waals surface area contributed by atoms with Gasteiger partial charge in [0.05, 0.1) is 11.2 Å². The minimum atomic E-state index is 0.492. The van der Waals surface area contributed by atoms with Crippen molar-refractivity contribution in [2.75, 3.05) is 0 Å². The Balaban J connectivity index is 0.000000531. The molecule has 0 aliphatic carbocycles. The number of hydrogen-bond donors (Lipinski definition) is 0. The molecule has 0 aliphatic heterocycles. The van der Waals surface area contributed by atoms with Crippen LogP contribution in [0.1, 0.15) is 45.1 Å². The van der Waals surface area contributed by atoms with Gasteiger partial charge in [0, 0.05) is 6.20 Å². The quantitative estimate of drug-likeness (QED) is 0.690. The summed E-state index contributed by atoms with van der Waals surface area (Å²) in [6.45, 7) is 10.4. The molecule has 2 rings (SSSR count). The normalized spacial score (nSPS) is 10.3. The molecule has 15 heavy (non-hydrogen) atoms. The zero-order valence-corrected chi connectivity index (χ0v) is 10.3. The van der Waals surface area contributed by atoms with Gasteiger partial charge in [-0.2, -0.15) is 0 Å². The van der Waals surface area contributed by atoms with Gasteiger partial charge in [-0.3, -0.25) is 0 Å². The second-order valence-corrected chi connectivity index (χ2v) is 3.65. The fourth-order valence-electron chi connectivity index (χ4n) is 1.64. The number of rotatable bonds is 1. The molecular formula is C13H20N2. The van der Waals surface area contributed by atoms with Gasteiger partial charge in [0.2, 0.25) is 0 Å². The van der Waals surface area contributed by atoms with Crippen LogP contribution in [-0.2, 0) is 0 Å². The summed E-state index contributed by atoms with van der Waals surface area (Å²) in [6.07, 6.45) is 2.06. The van der Waals surface area contributed by atoms with Crippen molar-refractivity contribution in [3.8, 4) is 0 Å². The first-order valence-electron chi connectivity index (χ1n) is 5.63. The van der Waals surface area contributed by atoms with E-state index < -0.39 is 0 Å². The van der Waals surface area contributed by atoms with E-state index in [1.807, 2.05) is 26.8 Å². The summed E-state index contributed by atoms with van der Waals surface area (Å²) in [4.78, 5) is 4.55. The number of fused-ring (bicyclic) bond motifs is 1. The lowest BCUT2D eigenvalue weighted by molar-refractivity contribution is 0.836. The highest BCUT2D eigenvalue weighted by Gasteiger charge is 2.09. The minimum absolute atomic E-state index is 0.492. The third kappa shape index (κ3) is 2.20. The summed E-state index contributed by atoms with van der Waals surface area (Å²) < 4.78 is 2.13. The van der Waals surface area contributed by atoms with E-state index in [1.54, 1.807) is 0 Å². The standard InChI is InChI=1S/C11H14N2.C2H6/c1-8(2)11-10-6-4-5-7-13(10)9(3)12-11;1-2/h4-8H,1-3H3;1-2H3. The topological polar surface area (TPSA) is 17.3 Å². The van der Waals surface area contributed by atoms with Crippen molar-refractivity contribution in [2.45, 2.75) is 40.5 Å². The minimum Gasteiger partial charge on any atom is -0.304 e. The highest BCUT2D eigenvalue weighted by Crippen LogP contribution is 2.20. The van der Waals surface area contributed by atoms with Crippen molar-refractivity contribution in [1.82, 2.24) is 9.38 Å². The maximum absolute atomic E-state index is 4.55. The Kier molecular flexibility index (Phi) is 3.89. The molecule has 0 bridgehead atoms. The summed E-state index contributed by atoms with van der Waals surface area (Å²) in [6, 6.07) is 6.21. The van der Waals surface area contributed by atoms with Crippen LogP contribution < -0.4 is 0 Å². The lowest BCUT2D eigenvalue weighted by atomic mass is 10.1. The van der Waals surface area contributed by atoms with Crippen LogP contribution in [0.25, 0.3) is 5.52 Å². The SMILES string of the molecule is CC.Cc1nc(C(C)C)c2ccccn12. The van der Waals surface area contributed by atoms with Crippen LogP contribution in [-0.4, -0.2) is 9.38 Å². The molecule has 2 heteroatoms. The first-order valence-corrected chi connectivity index (χ1v) is 5.63. The van der Waals surface area contributed by atoms with Gasteiger partial charge in [0.25, 0.3) is 0 Å². The fraction of sp³-hybridized carbons (Fsp3) is 0.462. The molecule has 0 aromatic carbocycles. The molecule has 0 unspecified atom stereocenters. The Morgan fingerprint density at radius 1 is 1.20 bits per heavy atom. The van der Waals surface area contributed by atoms with E-state index >= 15 is 0 Å². The van der Waals surface area contributed by atoms with E-state index in [-0.39, 0.29) is 0 Å². The second-order valence-electron chi connectivity index (χ2n) is 3.65. The molecule has 0 N–H and O–H groups in total. The van der Waals surface area contributed by atoms with Gasteiger partial charge < -0.3 is 4.40 Å². The third-order valence-electron chi connectivity index (χ3n) is 2.30. The van der Waals surface area contributed by atoms with Crippen LogP contribution >= 0.6 is 0 Å². The van der Waals surface area contributed by atoms with E-state index in [9.17, 15) is 0 Å². The zero-order valence-electron chi connectivity index (χ0n) is 10.3. The number of aryl methyl sites for hydroxylation is 1. The monoisotopic (exact) mass is 204 g/mol. The molecule has 82 valence electrons. The average Bonchev–Trinajstić information content (AvgIpc) is 2.60. The summed E-state index contributed by atoms with van der Waals surface area (Å²) in [5.41, 5.74) is 2.42. The van der Waals surface area contributed by atoms with Crippen LogP contribution in [0, 0.1) is 6.92 Å². The molecule has 0 saturated carbocycles. The summed E-state index contributed by atoms with van der Waals surface area (Å²) in [5.74, 6) is 1.56. The van der Waals surface area contributed by atoms with Gasteiger partial charge in [-0.25, -0.2) is 4.98 Å². The molecular weight excluding hydrogens is 184 g/mol. The molecule has 0 aliphatic rings. The van der Waals surface area contributed by atoms with Gasteiger partial charge in [0.15, 0.2) is 0 Å². The van der Waals surface area contributed by atoms with Gasteiger partial charge in [0.1, 0.15) is 5.82 Å². The smallest absolute Gasteiger partial charge is 0.110 e. The third-order valence-corrected chi connectivity index (χ3v) is 2.30. The van der Waals surface area contributed by atoms with Crippen molar-refractivity contribution in [3.63, 3.8) is 0 Å². The number of aromatic nitrogens is 2. The van der Waals surface area contributed by atoms with E-state index in [0.717, 1.165) is 5.82 Å². The van der Waals surface area contributed by atoms with E-state index in [4.69, 9.17) is 0 Å². The molecule has 2 aromatic rings. The molecule has 0 saturated heterocycles. The van der Waals surface area contributed by atoms with Gasteiger partial charge in [-0.1, -0.05) is 33.8 Å². The van der Waals surface area contributed by atoms with Crippen LogP contribution in [0.5, 0.6) is 0 Å². The fourth-order valence-corrected chi connectivity index (χ4v) is 1.64. The average molecular weight is 204 g/mol. The maximum atomic E-state index is 4.55. The van der Waals surface area contributed by atoms with Gasteiger partial charge in [-0.05, 0) is 25.0 Å². The maximum Gasteiger partial charge on any atom is 0.110 e. The highest BCUT2D eigenvalue weighted by molar-refractivity contribution is 5.54. The Morgan fingerprint density at radius 2 is 1.87 bits per heavy atom. The largest absolute Gasteiger partial charge is 0.304 e. The predicted molar refractivity (Wildman–Crippen MR) is 65.4 cm³/mol. The molecule has 0 radical (unpaired) electrons. The first kappa shape index (κ1) is 11.8. The lowest BCUT2D eigenvalue weighted by Crippen LogP contribution is -1.88. The summed E-state index contributed by atoms with van der Waals surface area (Å²) >= 11 is 0. The molecule has 2 nitrogen and oxygen atoms in total. The Bertz CT molecular complexity index is 427. The van der Waals surface area contributed by atoms with Crippen LogP contribution in [0.2, 0.25) is 0 Å². The molecule has 0 atom stereocenters. The van der Waals surface area contributed by atoms with E-state index in [1.165, 1.54) is 11.2 Å². The first-order chi connectivity index (χ1) is 7.20. The summed E-state index contributed by atoms with van der Waals surface area (Å²) in [5, 5.41) is 0. The molecule has 2 heterocycles. The Morgan fingerprint density at radius 3 is 2.47 bits per heavy atom. The zero-order chi connectivity index (χ0) is 11.4. The van der Waals surface area contributed by atoms with Crippen molar-refractivity contribution in [2.24, 2.45) is 0 Å². The predicted octanol–water partition coefficient (Wildman–Crippen LogP) is 3.79. The molecule has 2 aromatic heterocycles. The van der Waals surface area contributed by atoms with Crippen molar-refractivity contribution < 1.29 is 0 Å². The number of nitrogens with zero attached hydrogens (tertiary/aromatic N) is 2. The molecule has 0 spiro atoms. The Labute approximate surface area is 92.0 Å². The van der Waals surface area contributed by atoms with Crippen molar-refractivity contribution in [3.05, 3.63) is 35.9 Å². The van der Waals surface area contributed by atoms with Gasteiger partial charge in [-0.15, -0.1) is 0 Å². The van der Waals surface area contributed by atoms with Crippen LogP contribution in [0.15, 0.2) is 24.4 Å². The second kappa shape index (κ2) is 4.96. The number of imidazole rings is 1. The van der Waals surface area contributed by atoms with Gasteiger partial charge >= 0.3 is 0 Å². The molecule has 0 amide bonds. The number of pyridine rings is 1. The van der Waals surface area contributed by atoms with Crippen LogP contribution in [0.3, 0.4) is 0 Å². The highest BCUT2D eigenvalue weighted by atomic mass is 15.0.